The van der Waals surface area contributed by atoms with E-state index < -0.39 is 5.60 Å². The highest BCUT2D eigenvalue weighted by Gasteiger charge is 2.31. The van der Waals surface area contributed by atoms with Gasteiger partial charge in [-0.05, 0) is 72.4 Å². The predicted molar refractivity (Wildman–Crippen MR) is 132 cm³/mol. The summed E-state index contributed by atoms with van der Waals surface area (Å²) in [5.74, 6) is 1.86. The van der Waals surface area contributed by atoms with Crippen LogP contribution in [-0.4, -0.2) is 63.2 Å². The zero-order valence-electron chi connectivity index (χ0n) is 21.0. The highest BCUT2D eigenvalue weighted by atomic mass is 32.2. The Bertz CT molecular complexity index is 985. The summed E-state index contributed by atoms with van der Waals surface area (Å²) in [6.45, 7) is 13.3. The van der Waals surface area contributed by atoms with Crippen LogP contribution in [0.3, 0.4) is 0 Å². The Morgan fingerprint density at radius 3 is 2.68 bits per heavy atom. The van der Waals surface area contributed by atoms with Gasteiger partial charge >= 0.3 is 6.09 Å². The van der Waals surface area contributed by atoms with Gasteiger partial charge in [0.05, 0.1) is 11.3 Å². The van der Waals surface area contributed by atoms with Gasteiger partial charge in [0, 0.05) is 30.6 Å². The van der Waals surface area contributed by atoms with Crippen LogP contribution in [0.2, 0.25) is 0 Å². The standard InChI is InChI=1S/C25H36N4O4S/c1-17(2)29(24(31)32-25(4,5)6)15-19-10-9-13-28(14-19)23(30)20-11-7-8-12-21(20)34-16-22-26-18(3)27-33-22/h7-8,11-12,17,19H,9-10,13-16H2,1-6H3. The van der Waals surface area contributed by atoms with Gasteiger partial charge in [-0.2, -0.15) is 4.98 Å². The molecule has 3 rings (SSSR count). The fraction of sp³-hybridized carbons (Fsp3) is 0.600. The largest absolute Gasteiger partial charge is 0.444 e. The zero-order chi connectivity index (χ0) is 24.9. The van der Waals surface area contributed by atoms with Gasteiger partial charge in [-0.1, -0.05) is 17.3 Å². The fourth-order valence-corrected chi connectivity index (χ4v) is 4.85. The molecule has 1 unspecified atom stereocenters. The molecule has 0 aliphatic carbocycles. The van der Waals surface area contributed by atoms with Gasteiger partial charge in [0.2, 0.25) is 5.89 Å². The highest BCUT2D eigenvalue weighted by molar-refractivity contribution is 7.98. The molecule has 1 aliphatic heterocycles. The maximum absolute atomic E-state index is 13.5. The molecule has 1 aliphatic rings. The van der Waals surface area contributed by atoms with Gasteiger partial charge in [0.25, 0.3) is 5.91 Å². The summed E-state index contributed by atoms with van der Waals surface area (Å²) in [5.41, 5.74) is 0.136. The topological polar surface area (TPSA) is 88.8 Å². The van der Waals surface area contributed by atoms with Crippen molar-refractivity contribution in [1.82, 2.24) is 19.9 Å². The number of carbonyl (C=O) groups excluding carboxylic acids is 2. The van der Waals surface area contributed by atoms with Gasteiger partial charge in [-0.15, -0.1) is 11.8 Å². The number of ether oxygens (including phenoxy) is 1. The first-order chi connectivity index (χ1) is 16.0. The molecule has 0 spiro atoms. The third-order valence-electron chi connectivity index (χ3n) is 5.55. The van der Waals surface area contributed by atoms with E-state index in [9.17, 15) is 9.59 Å². The summed E-state index contributed by atoms with van der Waals surface area (Å²) in [6.07, 6.45) is 1.58. The lowest BCUT2D eigenvalue weighted by atomic mass is 9.96. The maximum Gasteiger partial charge on any atom is 0.410 e. The monoisotopic (exact) mass is 488 g/mol. The second kappa shape index (κ2) is 11.3. The molecule has 8 nitrogen and oxygen atoms in total. The van der Waals surface area contributed by atoms with E-state index in [-0.39, 0.29) is 24.0 Å². The minimum Gasteiger partial charge on any atom is -0.444 e. The Morgan fingerprint density at radius 1 is 1.29 bits per heavy atom. The molecular weight excluding hydrogens is 452 g/mol. The number of hydrogen-bond acceptors (Lipinski definition) is 7. The lowest BCUT2D eigenvalue weighted by molar-refractivity contribution is 0.0124. The van der Waals surface area contributed by atoms with Gasteiger partial charge in [0.1, 0.15) is 5.60 Å². The number of carbonyl (C=O) groups is 2. The SMILES string of the molecule is Cc1noc(CSc2ccccc2C(=O)N2CCCC(CN(C(=O)OC(C)(C)C)C(C)C)C2)n1. The van der Waals surface area contributed by atoms with E-state index in [0.29, 0.717) is 42.7 Å². The number of thioether (sulfide) groups is 1. The van der Waals surface area contributed by atoms with E-state index in [1.165, 1.54) is 11.8 Å². The van der Waals surface area contributed by atoms with Gasteiger partial charge in [-0.25, -0.2) is 4.79 Å². The molecule has 2 amide bonds. The van der Waals surface area contributed by atoms with E-state index in [4.69, 9.17) is 9.26 Å². The van der Waals surface area contributed by atoms with Crippen molar-refractivity contribution >= 4 is 23.8 Å². The van der Waals surface area contributed by atoms with Crippen molar-refractivity contribution in [3.05, 3.63) is 41.5 Å². The first-order valence-electron chi connectivity index (χ1n) is 11.8. The van der Waals surface area contributed by atoms with E-state index in [1.807, 2.05) is 63.8 Å². The van der Waals surface area contributed by atoms with Crippen LogP contribution in [-0.2, 0) is 10.5 Å². The first kappa shape index (κ1) is 26.1. The van der Waals surface area contributed by atoms with Crippen LogP contribution in [0.1, 0.15) is 69.5 Å². The summed E-state index contributed by atoms with van der Waals surface area (Å²) in [5, 5.41) is 3.82. The Balaban J connectivity index is 1.66. The Labute approximate surface area is 206 Å². The zero-order valence-corrected chi connectivity index (χ0v) is 21.9. The Hall–Kier alpha value is -2.55. The molecule has 2 heterocycles. The molecular formula is C25H36N4O4S. The molecule has 0 bridgehead atoms. The molecule has 0 radical (unpaired) electrons. The highest BCUT2D eigenvalue weighted by Crippen LogP contribution is 2.29. The predicted octanol–water partition coefficient (Wildman–Crippen LogP) is 5.17. The van der Waals surface area contributed by atoms with Crippen molar-refractivity contribution in [2.75, 3.05) is 19.6 Å². The van der Waals surface area contributed by atoms with Crippen molar-refractivity contribution in [2.45, 2.75) is 76.7 Å². The third kappa shape index (κ3) is 7.22. The van der Waals surface area contributed by atoms with Crippen LogP contribution < -0.4 is 0 Å². The number of amides is 2. The summed E-state index contributed by atoms with van der Waals surface area (Å²) in [4.78, 5) is 35.1. The number of hydrogen-bond donors (Lipinski definition) is 0. The van der Waals surface area contributed by atoms with Crippen molar-refractivity contribution in [3.63, 3.8) is 0 Å². The summed E-state index contributed by atoms with van der Waals surface area (Å²) in [7, 11) is 0. The first-order valence-corrected chi connectivity index (χ1v) is 12.8. The number of likely N-dealkylation sites (tertiary alicyclic amines) is 1. The number of nitrogens with zero attached hydrogens (tertiary/aromatic N) is 4. The van der Waals surface area contributed by atoms with Crippen molar-refractivity contribution < 1.29 is 18.8 Å². The van der Waals surface area contributed by atoms with Crippen LogP contribution in [0, 0.1) is 12.8 Å². The molecule has 1 aromatic heterocycles. The number of benzene rings is 1. The molecule has 2 aromatic rings. The molecule has 9 heteroatoms. The van der Waals surface area contributed by atoms with Crippen LogP contribution in [0.15, 0.2) is 33.7 Å². The lowest BCUT2D eigenvalue weighted by Gasteiger charge is -2.37. The molecule has 1 saturated heterocycles. The number of aryl methyl sites for hydroxylation is 1. The summed E-state index contributed by atoms with van der Waals surface area (Å²) in [6, 6.07) is 7.66. The molecule has 1 fully saturated rings. The Morgan fingerprint density at radius 2 is 2.03 bits per heavy atom. The average Bonchev–Trinajstić information content (AvgIpc) is 3.19. The normalized spacial score (nSPS) is 16.6. The quantitative estimate of drug-likeness (QED) is 0.497. The average molecular weight is 489 g/mol. The van der Waals surface area contributed by atoms with Gasteiger partial charge < -0.3 is 19.1 Å². The molecule has 0 N–H and O–H groups in total. The summed E-state index contributed by atoms with van der Waals surface area (Å²) >= 11 is 1.52. The fourth-order valence-electron chi connectivity index (χ4n) is 3.97. The van der Waals surface area contributed by atoms with E-state index >= 15 is 0 Å². The van der Waals surface area contributed by atoms with Crippen molar-refractivity contribution in [3.8, 4) is 0 Å². The van der Waals surface area contributed by atoms with Gasteiger partial charge in [-0.3, -0.25) is 4.79 Å². The second-order valence-corrected chi connectivity index (χ2v) is 11.0. The molecule has 186 valence electrons. The molecule has 34 heavy (non-hydrogen) atoms. The van der Waals surface area contributed by atoms with Crippen molar-refractivity contribution in [2.24, 2.45) is 5.92 Å². The minimum absolute atomic E-state index is 0.0166. The Kier molecular flexibility index (Phi) is 8.62. The maximum atomic E-state index is 13.5. The lowest BCUT2D eigenvalue weighted by Crippen LogP contribution is -2.48. The van der Waals surface area contributed by atoms with Crippen molar-refractivity contribution in [1.29, 1.82) is 0 Å². The number of aromatic nitrogens is 2. The third-order valence-corrected chi connectivity index (χ3v) is 6.61. The van der Waals surface area contributed by atoms with E-state index in [2.05, 4.69) is 10.1 Å². The number of rotatable bonds is 7. The van der Waals surface area contributed by atoms with Crippen LogP contribution in [0.5, 0.6) is 0 Å². The van der Waals surface area contributed by atoms with Crippen LogP contribution >= 0.6 is 11.8 Å². The van der Waals surface area contributed by atoms with Crippen LogP contribution in [0.25, 0.3) is 0 Å². The second-order valence-electron chi connectivity index (χ2n) is 10.0. The van der Waals surface area contributed by atoms with E-state index in [0.717, 1.165) is 17.7 Å². The molecule has 1 aromatic carbocycles. The smallest absolute Gasteiger partial charge is 0.410 e. The van der Waals surface area contributed by atoms with Crippen LogP contribution in [0.4, 0.5) is 4.79 Å². The van der Waals surface area contributed by atoms with E-state index in [1.54, 1.807) is 11.8 Å². The minimum atomic E-state index is -0.542. The summed E-state index contributed by atoms with van der Waals surface area (Å²) < 4.78 is 10.8. The number of piperidine rings is 1. The van der Waals surface area contributed by atoms with Gasteiger partial charge in [0.15, 0.2) is 5.82 Å². The molecule has 0 saturated carbocycles. The molecule has 1 atom stereocenters.